The quantitative estimate of drug-likeness (QED) is 0.671. The van der Waals surface area contributed by atoms with Crippen LogP contribution in [0.1, 0.15) is 24.6 Å². The summed E-state index contributed by atoms with van der Waals surface area (Å²) in [7, 11) is 0. The summed E-state index contributed by atoms with van der Waals surface area (Å²) >= 11 is 6.30. The fraction of sp³-hybridized carbons (Fsp3) is 0.250. The molecular weight excluding hydrogens is 270 g/mol. The van der Waals surface area contributed by atoms with Crippen LogP contribution in [-0.2, 0) is 6.42 Å². The Morgan fingerprint density at radius 1 is 1.20 bits per heavy atom. The fourth-order valence-corrected chi connectivity index (χ4v) is 2.61. The van der Waals surface area contributed by atoms with E-state index in [-0.39, 0.29) is 0 Å². The van der Waals surface area contributed by atoms with Gasteiger partial charge in [0.25, 0.3) is 0 Å². The molecule has 4 heteroatoms. The number of benzene rings is 1. The van der Waals surface area contributed by atoms with E-state index in [9.17, 15) is 0 Å². The number of aromatic nitrogens is 3. The van der Waals surface area contributed by atoms with Gasteiger partial charge in [-0.1, -0.05) is 49.2 Å². The lowest BCUT2D eigenvalue weighted by molar-refractivity contribution is 0.859. The molecule has 0 atom stereocenters. The molecule has 0 unspecified atom stereocenters. The molecule has 2 aromatic heterocycles. The summed E-state index contributed by atoms with van der Waals surface area (Å²) in [6.45, 7) is 4.21. The van der Waals surface area contributed by atoms with E-state index in [4.69, 9.17) is 11.6 Å². The maximum Gasteiger partial charge on any atom is 0.157 e. The van der Waals surface area contributed by atoms with Crippen LogP contribution in [0.4, 0.5) is 0 Å². The smallest absolute Gasteiger partial charge is 0.157 e. The SMILES string of the molecule is CCCc1cc(Cl)n2nc(-c3ccccc3C)cc2n1. The van der Waals surface area contributed by atoms with Crippen molar-refractivity contribution < 1.29 is 0 Å². The number of hydrogen-bond acceptors (Lipinski definition) is 2. The summed E-state index contributed by atoms with van der Waals surface area (Å²) in [4.78, 5) is 4.62. The predicted molar refractivity (Wildman–Crippen MR) is 82.2 cm³/mol. The summed E-state index contributed by atoms with van der Waals surface area (Å²) in [5.74, 6) is 0. The van der Waals surface area contributed by atoms with E-state index in [1.807, 2.05) is 24.3 Å². The molecule has 102 valence electrons. The van der Waals surface area contributed by atoms with Crippen LogP contribution >= 0.6 is 11.6 Å². The van der Waals surface area contributed by atoms with E-state index in [0.717, 1.165) is 35.4 Å². The molecule has 0 aliphatic carbocycles. The maximum absolute atomic E-state index is 6.30. The molecule has 0 aliphatic rings. The first kappa shape index (κ1) is 13.1. The summed E-state index contributed by atoms with van der Waals surface area (Å²) in [5, 5.41) is 5.18. The van der Waals surface area contributed by atoms with Crippen molar-refractivity contribution >= 4 is 17.2 Å². The second-order valence-corrected chi connectivity index (χ2v) is 5.32. The van der Waals surface area contributed by atoms with E-state index in [1.54, 1.807) is 4.52 Å². The summed E-state index contributed by atoms with van der Waals surface area (Å²) in [5.41, 5.74) is 5.04. The minimum Gasteiger partial charge on any atom is -0.233 e. The maximum atomic E-state index is 6.30. The highest BCUT2D eigenvalue weighted by Gasteiger charge is 2.10. The minimum absolute atomic E-state index is 0.610. The van der Waals surface area contributed by atoms with Crippen LogP contribution in [0.25, 0.3) is 16.9 Å². The van der Waals surface area contributed by atoms with Gasteiger partial charge in [0.1, 0.15) is 5.15 Å². The molecule has 0 saturated carbocycles. The molecule has 2 heterocycles. The minimum atomic E-state index is 0.610. The zero-order valence-corrected chi connectivity index (χ0v) is 12.4. The molecule has 3 nitrogen and oxygen atoms in total. The van der Waals surface area contributed by atoms with Gasteiger partial charge in [-0.2, -0.15) is 5.10 Å². The first-order chi connectivity index (χ1) is 9.69. The Balaban J connectivity index is 2.16. The Hall–Kier alpha value is -1.87. The van der Waals surface area contributed by atoms with Crippen LogP contribution in [0, 0.1) is 6.92 Å². The van der Waals surface area contributed by atoms with Crippen LogP contribution in [-0.4, -0.2) is 14.6 Å². The van der Waals surface area contributed by atoms with Crippen molar-refractivity contribution in [3.63, 3.8) is 0 Å². The van der Waals surface area contributed by atoms with Gasteiger partial charge in [-0.15, -0.1) is 0 Å². The van der Waals surface area contributed by atoms with Crippen molar-refractivity contribution in [3.8, 4) is 11.3 Å². The van der Waals surface area contributed by atoms with Gasteiger partial charge in [0.05, 0.1) is 5.69 Å². The van der Waals surface area contributed by atoms with Crippen LogP contribution in [0.2, 0.25) is 5.15 Å². The standard InChI is InChI=1S/C16H16ClN3/c1-3-6-12-9-15(17)20-16(18-12)10-14(19-20)13-8-5-4-7-11(13)2/h4-5,7-10H,3,6H2,1-2H3. The molecule has 0 N–H and O–H groups in total. The van der Waals surface area contributed by atoms with Gasteiger partial charge in [-0.05, 0) is 25.0 Å². The summed E-state index contributed by atoms with van der Waals surface area (Å²) in [6, 6.07) is 12.1. The van der Waals surface area contributed by atoms with Crippen molar-refractivity contribution in [2.24, 2.45) is 0 Å². The molecule has 0 saturated heterocycles. The molecule has 0 fully saturated rings. The van der Waals surface area contributed by atoms with Crippen molar-refractivity contribution in [2.75, 3.05) is 0 Å². The molecule has 0 bridgehead atoms. The Kier molecular flexibility index (Phi) is 3.45. The third kappa shape index (κ3) is 2.29. The Morgan fingerprint density at radius 3 is 2.75 bits per heavy atom. The van der Waals surface area contributed by atoms with Gasteiger partial charge in [-0.3, -0.25) is 0 Å². The number of nitrogens with zero attached hydrogens (tertiary/aromatic N) is 3. The highest BCUT2D eigenvalue weighted by atomic mass is 35.5. The third-order valence-corrected chi connectivity index (χ3v) is 3.63. The molecule has 20 heavy (non-hydrogen) atoms. The molecule has 1 aromatic carbocycles. The molecule has 0 aliphatic heterocycles. The van der Waals surface area contributed by atoms with E-state index in [2.05, 4.69) is 36.1 Å². The lowest BCUT2D eigenvalue weighted by atomic mass is 10.1. The van der Waals surface area contributed by atoms with E-state index < -0.39 is 0 Å². The van der Waals surface area contributed by atoms with Crippen molar-refractivity contribution in [2.45, 2.75) is 26.7 Å². The molecular formula is C16H16ClN3. The van der Waals surface area contributed by atoms with Crippen molar-refractivity contribution in [1.82, 2.24) is 14.6 Å². The van der Waals surface area contributed by atoms with Gasteiger partial charge in [0, 0.05) is 17.3 Å². The zero-order valence-electron chi connectivity index (χ0n) is 11.6. The predicted octanol–water partition coefficient (Wildman–Crippen LogP) is 4.31. The average Bonchev–Trinajstić information content (AvgIpc) is 2.84. The highest BCUT2D eigenvalue weighted by Crippen LogP contribution is 2.24. The van der Waals surface area contributed by atoms with Gasteiger partial charge in [-0.25, -0.2) is 9.50 Å². The first-order valence-electron chi connectivity index (χ1n) is 6.80. The molecule has 0 radical (unpaired) electrons. The van der Waals surface area contributed by atoms with Crippen molar-refractivity contribution in [3.05, 3.63) is 52.8 Å². The Morgan fingerprint density at radius 2 is 2.00 bits per heavy atom. The van der Waals surface area contributed by atoms with Crippen LogP contribution < -0.4 is 0 Å². The largest absolute Gasteiger partial charge is 0.233 e. The fourth-order valence-electron chi connectivity index (χ4n) is 2.36. The van der Waals surface area contributed by atoms with Crippen LogP contribution in [0.3, 0.4) is 0 Å². The highest BCUT2D eigenvalue weighted by molar-refractivity contribution is 6.29. The second-order valence-electron chi connectivity index (χ2n) is 4.93. The number of hydrogen-bond donors (Lipinski definition) is 0. The van der Waals surface area contributed by atoms with Gasteiger partial charge in [0.2, 0.25) is 0 Å². The number of rotatable bonds is 3. The molecule has 0 amide bonds. The molecule has 0 spiro atoms. The van der Waals surface area contributed by atoms with E-state index in [1.165, 1.54) is 5.56 Å². The second kappa shape index (κ2) is 5.25. The Labute approximate surface area is 123 Å². The Bertz CT molecular complexity index is 762. The molecule has 3 aromatic rings. The summed E-state index contributed by atoms with van der Waals surface area (Å²) in [6.07, 6.45) is 1.99. The van der Waals surface area contributed by atoms with Gasteiger partial charge in [0.15, 0.2) is 5.65 Å². The number of aryl methyl sites for hydroxylation is 2. The lowest BCUT2D eigenvalue weighted by Gasteiger charge is -2.01. The van der Waals surface area contributed by atoms with E-state index in [0.29, 0.717) is 5.15 Å². The normalized spacial score (nSPS) is 11.2. The first-order valence-corrected chi connectivity index (χ1v) is 7.18. The topological polar surface area (TPSA) is 30.2 Å². The van der Waals surface area contributed by atoms with Gasteiger partial charge < -0.3 is 0 Å². The summed E-state index contributed by atoms with van der Waals surface area (Å²) < 4.78 is 1.70. The van der Waals surface area contributed by atoms with Crippen LogP contribution in [0.5, 0.6) is 0 Å². The van der Waals surface area contributed by atoms with Gasteiger partial charge >= 0.3 is 0 Å². The van der Waals surface area contributed by atoms with Crippen LogP contribution in [0.15, 0.2) is 36.4 Å². The molecule has 3 rings (SSSR count). The lowest BCUT2D eigenvalue weighted by Crippen LogP contribution is -1.97. The zero-order chi connectivity index (χ0) is 14.1. The average molecular weight is 286 g/mol. The van der Waals surface area contributed by atoms with E-state index >= 15 is 0 Å². The van der Waals surface area contributed by atoms with Crippen molar-refractivity contribution in [1.29, 1.82) is 0 Å². The monoisotopic (exact) mass is 285 g/mol. The third-order valence-electron chi connectivity index (χ3n) is 3.36. The number of fused-ring (bicyclic) bond motifs is 1. The number of halogens is 1.